The molecule has 3 heteroatoms. The van der Waals surface area contributed by atoms with Crippen molar-refractivity contribution in [2.45, 2.75) is 12.8 Å². The lowest BCUT2D eigenvalue weighted by molar-refractivity contribution is 0.0973. The molecule has 0 bridgehead atoms. The summed E-state index contributed by atoms with van der Waals surface area (Å²) in [5, 5.41) is 9.14. The van der Waals surface area contributed by atoms with E-state index in [2.05, 4.69) is 0 Å². The van der Waals surface area contributed by atoms with E-state index in [9.17, 15) is 9.59 Å². The number of carbonyl (C=O) groups excluding carboxylic acids is 2. The molecule has 0 radical (unpaired) electrons. The van der Waals surface area contributed by atoms with Crippen LogP contribution in [0.15, 0.2) is 47.1 Å². The van der Waals surface area contributed by atoms with E-state index in [0.29, 0.717) is 35.1 Å². The Morgan fingerprint density at radius 2 is 1.67 bits per heavy atom. The van der Waals surface area contributed by atoms with Gasteiger partial charge in [-0.05, 0) is 24.5 Å². The fraction of sp³-hybridized carbons (Fsp3) is 0.200. The largest absolute Gasteiger partial charge is 0.392 e. The molecule has 0 saturated heterocycles. The fourth-order valence-corrected chi connectivity index (χ4v) is 2.53. The summed E-state index contributed by atoms with van der Waals surface area (Å²) in [6, 6.07) is 6.91. The number of Topliss-reactive ketones (excluding diaryl/α,β-unsaturated/α-hetero) is 2. The van der Waals surface area contributed by atoms with Gasteiger partial charge in [-0.1, -0.05) is 24.3 Å². The number of fused-ring (bicyclic) bond motifs is 1. The number of aliphatic hydroxyl groups excluding tert-OH is 1. The number of hydrogen-bond donors (Lipinski definition) is 1. The fourth-order valence-electron chi connectivity index (χ4n) is 2.53. The van der Waals surface area contributed by atoms with Crippen molar-refractivity contribution in [2.75, 3.05) is 6.61 Å². The van der Waals surface area contributed by atoms with Gasteiger partial charge in [0.25, 0.3) is 0 Å². The number of aliphatic hydroxyl groups is 1. The highest BCUT2D eigenvalue weighted by molar-refractivity contribution is 6.28. The minimum absolute atomic E-state index is 0.0477. The lowest BCUT2D eigenvalue weighted by Gasteiger charge is -2.23. The monoisotopic (exact) mass is 240 g/mol. The van der Waals surface area contributed by atoms with Gasteiger partial charge in [0, 0.05) is 22.3 Å². The Balaban J connectivity index is 2.19. The van der Waals surface area contributed by atoms with Gasteiger partial charge in [0.1, 0.15) is 0 Å². The van der Waals surface area contributed by atoms with E-state index < -0.39 is 0 Å². The highest BCUT2D eigenvalue weighted by Crippen LogP contribution is 2.33. The van der Waals surface area contributed by atoms with E-state index in [1.807, 2.05) is 0 Å². The summed E-state index contributed by atoms with van der Waals surface area (Å²) in [6.07, 6.45) is 2.87. The maximum atomic E-state index is 12.3. The van der Waals surface area contributed by atoms with E-state index in [-0.39, 0.29) is 18.2 Å². The van der Waals surface area contributed by atoms with Crippen LogP contribution in [0.2, 0.25) is 0 Å². The number of hydrogen-bond acceptors (Lipinski definition) is 3. The normalized spacial score (nSPS) is 18.4. The predicted octanol–water partition coefficient (Wildman–Crippen LogP) is 2.07. The van der Waals surface area contributed by atoms with E-state index in [4.69, 9.17) is 5.11 Å². The van der Waals surface area contributed by atoms with Gasteiger partial charge in [-0.2, -0.15) is 0 Å². The Morgan fingerprint density at radius 3 is 2.33 bits per heavy atom. The first kappa shape index (κ1) is 11.1. The standard InChI is InChI=1S/C15H12O3/c16-8-9-5-6-12-13(7-9)15(18)11-4-2-1-3-10(11)14(12)17/h1-4,7,16H,5-6,8H2. The van der Waals surface area contributed by atoms with Crippen molar-refractivity contribution in [1.29, 1.82) is 0 Å². The zero-order chi connectivity index (χ0) is 12.7. The summed E-state index contributed by atoms with van der Waals surface area (Å²) < 4.78 is 0. The van der Waals surface area contributed by atoms with Gasteiger partial charge >= 0.3 is 0 Å². The molecule has 3 nitrogen and oxygen atoms in total. The predicted molar refractivity (Wildman–Crippen MR) is 66.5 cm³/mol. The Hall–Kier alpha value is -2.00. The van der Waals surface area contributed by atoms with Gasteiger partial charge in [-0.25, -0.2) is 0 Å². The summed E-state index contributed by atoms with van der Waals surface area (Å²) >= 11 is 0. The minimum Gasteiger partial charge on any atom is -0.392 e. The van der Waals surface area contributed by atoms with Crippen molar-refractivity contribution >= 4 is 11.6 Å². The number of carbonyl (C=O) groups is 2. The smallest absolute Gasteiger partial charge is 0.194 e. The molecule has 1 N–H and O–H groups in total. The molecule has 0 aliphatic heterocycles. The molecule has 0 heterocycles. The van der Waals surface area contributed by atoms with Crippen LogP contribution in [0.3, 0.4) is 0 Å². The second-order valence-electron chi connectivity index (χ2n) is 4.56. The van der Waals surface area contributed by atoms with Crippen LogP contribution in [0.5, 0.6) is 0 Å². The SMILES string of the molecule is O=C1C2=C(CCC(CO)=C2)C(=O)c2ccccc21. The van der Waals surface area contributed by atoms with Crippen LogP contribution in [0.1, 0.15) is 33.6 Å². The number of allylic oxidation sites excluding steroid dienone is 3. The Bertz CT molecular complexity index is 620. The molecular formula is C15H12O3. The quantitative estimate of drug-likeness (QED) is 0.817. The van der Waals surface area contributed by atoms with E-state index >= 15 is 0 Å². The third-order valence-electron chi connectivity index (χ3n) is 3.51. The second-order valence-corrected chi connectivity index (χ2v) is 4.56. The van der Waals surface area contributed by atoms with Gasteiger partial charge in [0.05, 0.1) is 6.61 Å². The topological polar surface area (TPSA) is 54.4 Å². The van der Waals surface area contributed by atoms with Gasteiger partial charge in [-0.3, -0.25) is 9.59 Å². The van der Waals surface area contributed by atoms with Crippen LogP contribution >= 0.6 is 0 Å². The van der Waals surface area contributed by atoms with E-state index in [1.54, 1.807) is 30.3 Å². The van der Waals surface area contributed by atoms with Crippen LogP contribution in [0.25, 0.3) is 0 Å². The molecule has 2 aliphatic rings. The van der Waals surface area contributed by atoms with Crippen LogP contribution in [0, 0.1) is 0 Å². The van der Waals surface area contributed by atoms with Crippen molar-refractivity contribution in [2.24, 2.45) is 0 Å². The summed E-state index contributed by atoms with van der Waals surface area (Å²) in [4.78, 5) is 24.6. The third-order valence-corrected chi connectivity index (χ3v) is 3.51. The minimum atomic E-state index is -0.106. The molecule has 90 valence electrons. The summed E-state index contributed by atoms with van der Waals surface area (Å²) in [6.45, 7) is -0.0557. The van der Waals surface area contributed by atoms with Gasteiger partial charge in [0.2, 0.25) is 0 Å². The molecule has 0 unspecified atom stereocenters. The molecule has 0 saturated carbocycles. The average Bonchev–Trinajstić information content (AvgIpc) is 2.44. The molecule has 2 aliphatic carbocycles. The molecule has 1 aromatic rings. The summed E-state index contributed by atoms with van der Waals surface area (Å²) in [5.74, 6) is -0.153. The van der Waals surface area contributed by atoms with Crippen LogP contribution in [-0.4, -0.2) is 23.3 Å². The third kappa shape index (κ3) is 1.48. The van der Waals surface area contributed by atoms with Crippen LogP contribution in [-0.2, 0) is 0 Å². The van der Waals surface area contributed by atoms with E-state index in [0.717, 1.165) is 5.57 Å². The van der Waals surface area contributed by atoms with Crippen LogP contribution in [0.4, 0.5) is 0 Å². The highest BCUT2D eigenvalue weighted by Gasteiger charge is 2.32. The van der Waals surface area contributed by atoms with E-state index in [1.165, 1.54) is 0 Å². The Kier molecular flexibility index (Phi) is 2.49. The van der Waals surface area contributed by atoms with Crippen molar-refractivity contribution in [3.63, 3.8) is 0 Å². The van der Waals surface area contributed by atoms with Gasteiger partial charge < -0.3 is 5.11 Å². The zero-order valence-corrected chi connectivity index (χ0v) is 9.77. The number of benzene rings is 1. The Morgan fingerprint density at radius 1 is 1.00 bits per heavy atom. The molecule has 0 aromatic heterocycles. The maximum Gasteiger partial charge on any atom is 0.194 e. The zero-order valence-electron chi connectivity index (χ0n) is 9.77. The molecule has 0 amide bonds. The summed E-state index contributed by atoms with van der Waals surface area (Å²) in [5.41, 5.74) is 2.85. The second kappa shape index (κ2) is 4.03. The van der Waals surface area contributed by atoms with Gasteiger partial charge in [-0.15, -0.1) is 0 Å². The first-order valence-electron chi connectivity index (χ1n) is 5.94. The van der Waals surface area contributed by atoms with Crippen molar-refractivity contribution < 1.29 is 14.7 Å². The lowest BCUT2D eigenvalue weighted by atomic mass is 9.78. The molecule has 1 aromatic carbocycles. The molecule has 0 atom stereocenters. The summed E-state index contributed by atoms with van der Waals surface area (Å²) in [7, 11) is 0. The number of ketones is 2. The maximum absolute atomic E-state index is 12.3. The van der Waals surface area contributed by atoms with Crippen molar-refractivity contribution in [1.82, 2.24) is 0 Å². The molecule has 0 fully saturated rings. The lowest BCUT2D eigenvalue weighted by Crippen LogP contribution is -2.23. The number of rotatable bonds is 1. The van der Waals surface area contributed by atoms with Crippen LogP contribution < -0.4 is 0 Å². The van der Waals surface area contributed by atoms with Gasteiger partial charge in [0.15, 0.2) is 11.6 Å². The molecule has 3 rings (SSSR count). The van der Waals surface area contributed by atoms with Crippen molar-refractivity contribution in [3.8, 4) is 0 Å². The average molecular weight is 240 g/mol. The highest BCUT2D eigenvalue weighted by atomic mass is 16.3. The first-order chi connectivity index (χ1) is 8.72. The Labute approximate surface area is 104 Å². The van der Waals surface area contributed by atoms with Crippen molar-refractivity contribution in [3.05, 3.63) is 58.2 Å². The molecule has 18 heavy (non-hydrogen) atoms. The molecular weight excluding hydrogens is 228 g/mol. The first-order valence-corrected chi connectivity index (χ1v) is 5.94. The molecule has 0 spiro atoms.